The number of aromatic nitrogens is 4. The number of nitrogens with one attached hydrogen (secondary N) is 2. The van der Waals surface area contributed by atoms with Crippen LogP contribution in [0.15, 0.2) is 6.33 Å². The summed E-state index contributed by atoms with van der Waals surface area (Å²) in [5, 5.41) is 24.4. The molecule has 2 fully saturated rings. The van der Waals surface area contributed by atoms with Crippen molar-refractivity contribution >= 4 is 34.9 Å². The monoisotopic (exact) mass is 520 g/mol. The standard InChI is InChI=1S/C22H32N8O7/c1-2-24-21(34)18(13(32)9-31)36-11-30-10-25-17-19(23)26-14(27-20(17)30)7-12-3-5-29(6-4-12)22(35)37-16-8-15(33)28-16/h10,12-13,16,18,31-32H,2-9,11H2,1H3,(H,24,34)(H,28,33)(H2,23,26,27)/t13?,16?,18-/m0/s1. The predicted octanol–water partition coefficient (Wildman–Crippen LogP) is -1.52. The van der Waals surface area contributed by atoms with Gasteiger partial charge in [0.05, 0.1) is 19.4 Å². The lowest BCUT2D eigenvalue weighted by Crippen LogP contribution is -2.53. The van der Waals surface area contributed by atoms with E-state index in [9.17, 15) is 24.6 Å². The van der Waals surface area contributed by atoms with Crippen LogP contribution >= 0.6 is 0 Å². The van der Waals surface area contributed by atoms with Gasteiger partial charge in [0, 0.05) is 26.1 Å². The Morgan fingerprint density at radius 3 is 2.70 bits per heavy atom. The van der Waals surface area contributed by atoms with Crippen LogP contribution in [0.5, 0.6) is 0 Å². The number of β-lactam (4-membered cyclic amide) rings is 1. The van der Waals surface area contributed by atoms with E-state index >= 15 is 0 Å². The van der Waals surface area contributed by atoms with Crippen LogP contribution in [0.1, 0.15) is 32.0 Å². The van der Waals surface area contributed by atoms with E-state index in [0.29, 0.717) is 43.0 Å². The number of nitrogens with two attached hydrogens (primary N) is 1. The average molecular weight is 521 g/mol. The minimum absolute atomic E-state index is 0.134. The molecule has 0 aliphatic carbocycles. The van der Waals surface area contributed by atoms with Crippen molar-refractivity contribution < 1.29 is 34.1 Å². The number of hydrogen-bond donors (Lipinski definition) is 5. The summed E-state index contributed by atoms with van der Waals surface area (Å²) in [6.07, 6.45) is -0.0199. The lowest BCUT2D eigenvalue weighted by Gasteiger charge is -2.34. The maximum absolute atomic E-state index is 12.3. The molecule has 4 heterocycles. The van der Waals surface area contributed by atoms with Gasteiger partial charge < -0.3 is 41.0 Å². The number of nitrogen functional groups attached to an aromatic ring is 1. The number of likely N-dealkylation sites (tertiary alicyclic amines) is 1. The van der Waals surface area contributed by atoms with Gasteiger partial charge in [-0.05, 0) is 25.7 Å². The minimum atomic E-state index is -1.40. The van der Waals surface area contributed by atoms with Crippen LogP contribution in [0.3, 0.4) is 0 Å². The molecule has 2 aromatic heterocycles. The lowest BCUT2D eigenvalue weighted by molar-refractivity contribution is -0.147. The molecule has 2 aromatic rings. The predicted molar refractivity (Wildman–Crippen MR) is 127 cm³/mol. The van der Waals surface area contributed by atoms with Gasteiger partial charge in [-0.1, -0.05) is 0 Å². The van der Waals surface area contributed by atoms with Gasteiger partial charge in [0.2, 0.25) is 5.91 Å². The first-order valence-corrected chi connectivity index (χ1v) is 12.2. The molecule has 3 atom stereocenters. The number of imidazole rings is 1. The van der Waals surface area contributed by atoms with Gasteiger partial charge in [-0.3, -0.25) is 14.2 Å². The van der Waals surface area contributed by atoms with Gasteiger partial charge in [0.1, 0.15) is 24.2 Å². The molecule has 202 valence electrons. The largest absolute Gasteiger partial charge is 0.425 e. The highest BCUT2D eigenvalue weighted by Gasteiger charge is 2.32. The Bertz CT molecular complexity index is 1130. The highest BCUT2D eigenvalue weighted by molar-refractivity contribution is 5.83. The number of amides is 3. The van der Waals surface area contributed by atoms with Crippen molar-refractivity contribution in [2.24, 2.45) is 5.92 Å². The molecule has 2 unspecified atom stereocenters. The molecular weight excluding hydrogens is 488 g/mol. The number of likely N-dealkylation sites (N-methyl/N-ethyl adjacent to an activating group) is 1. The molecule has 37 heavy (non-hydrogen) atoms. The maximum atomic E-state index is 12.3. The SMILES string of the molecule is CCNC(=O)[C@@H](OCn1cnc2c(N)nc(CC3CCN(C(=O)OC4CC(=O)N4)CC3)nc21)C(O)CO. The summed E-state index contributed by atoms with van der Waals surface area (Å²) in [6, 6.07) is 0. The third-order valence-electron chi connectivity index (χ3n) is 6.36. The highest BCUT2D eigenvalue weighted by Crippen LogP contribution is 2.24. The first-order chi connectivity index (χ1) is 17.8. The molecule has 2 aliphatic rings. The van der Waals surface area contributed by atoms with E-state index in [-0.39, 0.29) is 30.8 Å². The molecule has 0 saturated carbocycles. The van der Waals surface area contributed by atoms with Crippen LogP contribution < -0.4 is 16.4 Å². The van der Waals surface area contributed by atoms with Crippen molar-refractivity contribution in [1.82, 2.24) is 35.1 Å². The van der Waals surface area contributed by atoms with E-state index in [1.54, 1.807) is 16.4 Å². The number of carbonyl (C=O) groups excluding carboxylic acids is 3. The molecule has 2 saturated heterocycles. The Morgan fingerprint density at radius 1 is 1.32 bits per heavy atom. The van der Waals surface area contributed by atoms with Crippen molar-refractivity contribution in [3.63, 3.8) is 0 Å². The number of hydrogen-bond acceptors (Lipinski definition) is 11. The summed E-state index contributed by atoms with van der Waals surface area (Å²) in [6.45, 7) is 2.31. The molecule has 0 bridgehead atoms. The Hall–Kier alpha value is -3.56. The molecular formula is C22H32N8O7. The van der Waals surface area contributed by atoms with Gasteiger partial charge in [0.25, 0.3) is 5.91 Å². The van der Waals surface area contributed by atoms with E-state index in [4.69, 9.17) is 15.2 Å². The van der Waals surface area contributed by atoms with Crippen molar-refractivity contribution in [2.75, 3.05) is 32.0 Å². The number of piperidine rings is 1. The Labute approximate surface area is 212 Å². The number of ether oxygens (including phenoxy) is 2. The molecule has 3 amide bonds. The summed E-state index contributed by atoms with van der Waals surface area (Å²) >= 11 is 0. The number of fused-ring (bicyclic) bond motifs is 1. The fraction of sp³-hybridized carbons (Fsp3) is 0.636. The lowest BCUT2D eigenvalue weighted by atomic mass is 9.93. The van der Waals surface area contributed by atoms with Crippen LogP contribution in [0, 0.1) is 5.92 Å². The topological polar surface area (TPSA) is 207 Å². The van der Waals surface area contributed by atoms with Gasteiger partial charge in [-0.15, -0.1) is 0 Å². The third-order valence-corrected chi connectivity index (χ3v) is 6.36. The summed E-state index contributed by atoms with van der Waals surface area (Å²) < 4.78 is 12.4. The quantitative estimate of drug-likeness (QED) is 0.227. The van der Waals surface area contributed by atoms with E-state index in [0.717, 1.165) is 12.8 Å². The van der Waals surface area contributed by atoms with Gasteiger partial charge in [-0.25, -0.2) is 19.7 Å². The molecule has 15 heteroatoms. The van der Waals surface area contributed by atoms with Gasteiger partial charge >= 0.3 is 6.09 Å². The van der Waals surface area contributed by atoms with Crippen LogP contribution in [0.4, 0.5) is 10.6 Å². The molecule has 15 nitrogen and oxygen atoms in total. The first-order valence-electron chi connectivity index (χ1n) is 12.2. The second kappa shape index (κ2) is 11.7. The normalized spacial score (nSPS) is 19.7. The number of carbonyl (C=O) groups is 3. The molecule has 2 aliphatic heterocycles. The second-order valence-corrected chi connectivity index (χ2v) is 9.05. The van der Waals surface area contributed by atoms with Crippen molar-refractivity contribution in [1.29, 1.82) is 0 Å². The molecule has 0 spiro atoms. The number of aliphatic hydroxyl groups excluding tert-OH is 2. The van der Waals surface area contributed by atoms with E-state index in [1.807, 2.05) is 0 Å². The van der Waals surface area contributed by atoms with Crippen LogP contribution in [-0.4, -0.2) is 97.2 Å². The summed E-state index contributed by atoms with van der Waals surface area (Å²) in [7, 11) is 0. The smallest absolute Gasteiger partial charge is 0.411 e. The molecule has 6 N–H and O–H groups in total. The number of rotatable bonds is 10. The zero-order valence-corrected chi connectivity index (χ0v) is 20.5. The van der Waals surface area contributed by atoms with Crippen LogP contribution in [0.25, 0.3) is 11.2 Å². The van der Waals surface area contributed by atoms with E-state index in [2.05, 4.69) is 25.6 Å². The molecule has 4 rings (SSSR count). The Kier molecular flexibility index (Phi) is 8.35. The van der Waals surface area contributed by atoms with Gasteiger partial charge in [0.15, 0.2) is 23.8 Å². The second-order valence-electron chi connectivity index (χ2n) is 9.05. The van der Waals surface area contributed by atoms with Crippen LogP contribution in [0.2, 0.25) is 0 Å². The summed E-state index contributed by atoms with van der Waals surface area (Å²) in [5.74, 6) is 0.263. The molecule has 0 aromatic carbocycles. The zero-order chi connectivity index (χ0) is 26.5. The Balaban J connectivity index is 1.37. The average Bonchev–Trinajstić information content (AvgIpc) is 3.27. The third kappa shape index (κ3) is 6.23. The Morgan fingerprint density at radius 2 is 2.05 bits per heavy atom. The van der Waals surface area contributed by atoms with Crippen molar-refractivity contribution in [3.8, 4) is 0 Å². The maximum Gasteiger partial charge on any atom is 0.411 e. The van der Waals surface area contributed by atoms with Crippen molar-refractivity contribution in [3.05, 3.63) is 12.2 Å². The number of nitrogens with zero attached hydrogens (tertiary/aromatic N) is 5. The minimum Gasteiger partial charge on any atom is -0.425 e. The number of aliphatic hydroxyl groups is 2. The fourth-order valence-electron chi connectivity index (χ4n) is 4.26. The van der Waals surface area contributed by atoms with E-state index < -0.39 is 37.0 Å². The van der Waals surface area contributed by atoms with Crippen LogP contribution in [-0.2, 0) is 32.2 Å². The molecule has 0 radical (unpaired) electrons. The number of anilines is 1. The summed E-state index contributed by atoms with van der Waals surface area (Å²) in [5.41, 5.74) is 6.92. The van der Waals surface area contributed by atoms with Gasteiger partial charge in [-0.2, -0.15) is 0 Å². The zero-order valence-electron chi connectivity index (χ0n) is 20.5. The summed E-state index contributed by atoms with van der Waals surface area (Å²) in [4.78, 5) is 50.3. The highest BCUT2D eigenvalue weighted by atomic mass is 16.6. The first kappa shape index (κ1) is 26.5. The van der Waals surface area contributed by atoms with Crippen molar-refractivity contribution in [2.45, 2.75) is 57.8 Å². The van der Waals surface area contributed by atoms with E-state index in [1.165, 1.54) is 6.33 Å². The fourth-order valence-corrected chi connectivity index (χ4v) is 4.26.